The topological polar surface area (TPSA) is 43.8 Å². The summed E-state index contributed by atoms with van der Waals surface area (Å²) in [7, 11) is 2.05. The Labute approximate surface area is 119 Å². The molecular formula is C17H19N3. The first-order valence-corrected chi connectivity index (χ1v) is 6.87. The third-order valence-electron chi connectivity index (χ3n) is 3.79. The van der Waals surface area contributed by atoms with E-state index in [0.29, 0.717) is 0 Å². The van der Waals surface area contributed by atoms with Crippen LogP contribution in [0.1, 0.15) is 23.0 Å². The Morgan fingerprint density at radius 1 is 1.10 bits per heavy atom. The van der Waals surface area contributed by atoms with Crippen molar-refractivity contribution in [1.29, 1.82) is 0 Å². The van der Waals surface area contributed by atoms with Gasteiger partial charge in [-0.2, -0.15) is 0 Å². The van der Waals surface area contributed by atoms with Crippen LogP contribution in [-0.2, 0) is 13.5 Å². The lowest BCUT2D eigenvalue weighted by Gasteiger charge is -2.12. The van der Waals surface area contributed by atoms with E-state index in [1.54, 1.807) is 0 Å². The summed E-state index contributed by atoms with van der Waals surface area (Å²) < 4.78 is 2.13. The van der Waals surface area contributed by atoms with Crippen molar-refractivity contribution in [1.82, 2.24) is 9.55 Å². The van der Waals surface area contributed by atoms with E-state index in [1.807, 2.05) is 25.2 Å². The molecule has 1 atom stereocenters. The lowest BCUT2D eigenvalue weighted by Crippen LogP contribution is -2.15. The second kappa shape index (κ2) is 5.10. The van der Waals surface area contributed by atoms with Crippen LogP contribution in [0.2, 0.25) is 0 Å². The van der Waals surface area contributed by atoms with Gasteiger partial charge in [-0.15, -0.1) is 0 Å². The molecule has 0 saturated carbocycles. The second-order valence-corrected chi connectivity index (χ2v) is 5.30. The first kappa shape index (κ1) is 12.9. The lowest BCUT2D eigenvalue weighted by molar-refractivity contribution is 0.665. The smallest absolute Gasteiger partial charge is 0.111 e. The fourth-order valence-electron chi connectivity index (χ4n) is 2.51. The number of hydrogen-bond acceptors (Lipinski definition) is 2. The van der Waals surface area contributed by atoms with E-state index >= 15 is 0 Å². The summed E-state index contributed by atoms with van der Waals surface area (Å²) in [6.45, 7) is 2.08. The number of fused-ring (bicyclic) bond motifs is 1. The normalized spacial score (nSPS) is 12.8. The fraction of sp³-hybridized carbons (Fsp3) is 0.235. The zero-order valence-corrected chi connectivity index (χ0v) is 11.9. The van der Waals surface area contributed by atoms with Gasteiger partial charge < -0.3 is 10.3 Å². The summed E-state index contributed by atoms with van der Waals surface area (Å²) in [5, 5.41) is 0. The van der Waals surface area contributed by atoms with Crippen molar-refractivity contribution >= 4 is 11.0 Å². The predicted octanol–water partition coefficient (Wildman–Crippen LogP) is 3.12. The number of nitrogens with zero attached hydrogens (tertiary/aromatic N) is 2. The Kier molecular flexibility index (Phi) is 3.28. The highest BCUT2D eigenvalue weighted by molar-refractivity contribution is 5.75. The molecule has 0 amide bonds. The molecule has 0 fully saturated rings. The molecule has 1 unspecified atom stereocenters. The van der Waals surface area contributed by atoms with Gasteiger partial charge in [-0.25, -0.2) is 4.98 Å². The molecule has 3 heteroatoms. The molecular weight excluding hydrogens is 246 g/mol. The Morgan fingerprint density at radius 3 is 2.50 bits per heavy atom. The molecule has 0 saturated heterocycles. The second-order valence-electron chi connectivity index (χ2n) is 5.30. The molecule has 3 nitrogen and oxygen atoms in total. The highest BCUT2D eigenvalue weighted by Gasteiger charge is 2.12. The van der Waals surface area contributed by atoms with Gasteiger partial charge in [0.2, 0.25) is 0 Å². The molecule has 3 rings (SSSR count). The maximum Gasteiger partial charge on any atom is 0.111 e. The van der Waals surface area contributed by atoms with Crippen molar-refractivity contribution in [3.8, 4) is 0 Å². The Balaban J connectivity index is 1.89. The third kappa shape index (κ3) is 2.32. The SMILES string of the molecule is Cc1ccc(C(N)Cc2nc3ccccc3n2C)cc1. The molecule has 0 radical (unpaired) electrons. The van der Waals surface area contributed by atoms with Crippen molar-refractivity contribution in [2.24, 2.45) is 12.8 Å². The molecule has 0 aliphatic heterocycles. The van der Waals surface area contributed by atoms with Crippen LogP contribution >= 0.6 is 0 Å². The fourth-order valence-corrected chi connectivity index (χ4v) is 2.51. The van der Waals surface area contributed by atoms with Crippen LogP contribution in [0.15, 0.2) is 48.5 Å². The van der Waals surface area contributed by atoms with E-state index < -0.39 is 0 Å². The van der Waals surface area contributed by atoms with Crippen molar-refractivity contribution in [3.63, 3.8) is 0 Å². The van der Waals surface area contributed by atoms with Crippen molar-refractivity contribution in [2.75, 3.05) is 0 Å². The molecule has 2 N–H and O–H groups in total. The highest BCUT2D eigenvalue weighted by atomic mass is 15.1. The van der Waals surface area contributed by atoms with E-state index in [9.17, 15) is 0 Å². The summed E-state index contributed by atoms with van der Waals surface area (Å²) in [5.41, 5.74) is 10.9. The molecule has 102 valence electrons. The van der Waals surface area contributed by atoms with Crippen LogP contribution in [0, 0.1) is 6.92 Å². The van der Waals surface area contributed by atoms with E-state index in [-0.39, 0.29) is 6.04 Å². The number of para-hydroxylation sites is 2. The first-order chi connectivity index (χ1) is 9.65. The van der Waals surface area contributed by atoms with Gasteiger partial charge in [0.05, 0.1) is 11.0 Å². The van der Waals surface area contributed by atoms with Crippen LogP contribution < -0.4 is 5.73 Å². The first-order valence-electron chi connectivity index (χ1n) is 6.87. The van der Waals surface area contributed by atoms with E-state index in [4.69, 9.17) is 5.73 Å². The summed E-state index contributed by atoms with van der Waals surface area (Å²) in [6, 6.07) is 16.6. The zero-order chi connectivity index (χ0) is 14.1. The number of imidazole rings is 1. The van der Waals surface area contributed by atoms with Gasteiger partial charge in [0, 0.05) is 19.5 Å². The van der Waals surface area contributed by atoms with Gasteiger partial charge in [0.25, 0.3) is 0 Å². The Hall–Kier alpha value is -2.13. The van der Waals surface area contributed by atoms with Crippen LogP contribution in [0.5, 0.6) is 0 Å². The van der Waals surface area contributed by atoms with Gasteiger partial charge >= 0.3 is 0 Å². The van der Waals surface area contributed by atoms with Crippen LogP contribution in [0.3, 0.4) is 0 Å². The quantitative estimate of drug-likeness (QED) is 0.790. The van der Waals surface area contributed by atoms with E-state index in [0.717, 1.165) is 28.8 Å². The summed E-state index contributed by atoms with van der Waals surface area (Å²) >= 11 is 0. The predicted molar refractivity (Wildman–Crippen MR) is 82.5 cm³/mol. The van der Waals surface area contributed by atoms with Crippen molar-refractivity contribution in [2.45, 2.75) is 19.4 Å². The Morgan fingerprint density at radius 2 is 1.80 bits per heavy atom. The molecule has 0 aliphatic rings. The minimum Gasteiger partial charge on any atom is -0.331 e. The van der Waals surface area contributed by atoms with Crippen LogP contribution in [0.4, 0.5) is 0 Å². The highest BCUT2D eigenvalue weighted by Crippen LogP contribution is 2.20. The molecule has 1 heterocycles. The summed E-state index contributed by atoms with van der Waals surface area (Å²) in [5.74, 6) is 1.03. The van der Waals surface area contributed by atoms with Gasteiger partial charge in [0.15, 0.2) is 0 Å². The van der Waals surface area contributed by atoms with Gasteiger partial charge in [0.1, 0.15) is 5.82 Å². The van der Waals surface area contributed by atoms with Crippen LogP contribution in [-0.4, -0.2) is 9.55 Å². The number of aryl methyl sites for hydroxylation is 2. The van der Waals surface area contributed by atoms with E-state index in [2.05, 4.69) is 46.8 Å². The van der Waals surface area contributed by atoms with Gasteiger partial charge in [-0.05, 0) is 24.6 Å². The van der Waals surface area contributed by atoms with Gasteiger partial charge in [-0.3, -0.25) is 0 Å². The molecule has 20 heavy (non-hydrogen) atoms. The minimum absolute atomic E-state index is 0.0221. The standard InChI is InChI=1S/C17H19N3/c1-12-7-9-13(10-8-12)14(18)11-17-19-15-5-3-4-6-16(15)20(17)2/h3-10,14H,11,18H2,1-2H3. The molecule has 2 aromatic carbocycles. The average molecular weight is 265 g/mol. The van der Waals surface area contributed by atoms with E-state index in [1.165, 1.54) is 5.56 Å². The zero-order valence-electron chi connectivity index (χ0n) is 11.9. The largest absolute Gasteiger partial charge is 0.331 e. The molecule has 3 aromatic rings. The summed E-state index contributed by atoms with van der Waals surface area (Å²) in [4.78, 5) is 4.68. The lowest BCUT2D eigenvalue weighted by atomic mass is 10.0. The number of nitrogens with two attached hydrogens (primary N) is 1. The molecule has 0 bridgehead atoms. The maximum absolute atomic E-state index is 6.31. The van der Waals surface area contributed by atoms with Crippen molar-refractivity contribution in [3.05, 3.63) is 65.5 Å². The number of hydrogen-bond donors (Lipinski definition) is 1. The maximum atomic E-state index is 6.31. The minimum atomic E-state index is -0.0221. The number of aromatic nitrogens is 2. The summed E-state index contributed by atoms with van der Waals surface area (Å²) in [6.07, 6.45) is 0.744. The van der Waals surface area contributed by atoms with Gasteiger partial charge in [-0.1, -0.05) is 42.0 Å². The molecule has 1 aromatic heterocycles. The van der Waals surface area contributed by atoms with Crippen LogP contribution in [0.25, 0.3) is 11.0 Å². The molecule has 0 spiro atoms. The Bertz CT molecular complexity index is 726. The number of rotatable bonds is 3. The third-order valence-corrected chi connectivity index (χ3v) is 3.79. The van der Waals surface area contributed by atoms with Crippen molar-refractivity contribution < 1.29 is 0 Å². The number of benzene rings is 2. The average Bonchev–Trinajstić information content (AvgIpc) is 2.77. The molecule has 0 aliphatic carbocycles. The monoisotopic (exact) mass is 265 g/mol.